The van der Waals surface area contributed by atoms with Crippen molar-refractivity contribution in [3.63, 3.8) is 0 Å². The molecule has 0 amide bonds. The molecule has 1 aliphatic carbocycles. The number of nitrogens with one attached hydrogen (secondary N) is 2. The molecule has 1 saturated heterocycles. The molecule has 3 nitrogen and oxygen atoms in total. The second kappa shape index (κ2) is 7.32. The number of thiocarbonyl (C=S) groups is 1. The summed E-state index contributed by atoms with van der Waals surface area (Å²) >= 11 is 5.56. The molecule has 3 rings (SSSR count). The van der Waals surface area contributed by atoms with Gasteiger partial charge in [0.05, 0.1) is 11.4 Å². The minimum absolute atomic E-state index is 0.521. The minimum atomic E-state index is 0.521. The molecule has 0 spiro atoms. The summed E-state index contributed by atoms with van der Waals surface area (Å²) < 4.78 is 0. The van der Waals surface area contributed by atoms with E-state index < -0.39 is 0 Å². The quantitative estimate of drug-likeness (QED) is 0.819. The smallest absolute Gasteiger partial charge is 0.171 e. The van der Waals surface area contributed by atoms with E-state index in [9.17, 15) is 0 Å². The maximum absolute atomic E-state index is 5.56. The van der Waals surface area contributed by atoms with Gasteiger partial charge < -0.3 is 15.5 Å². The van der Waals surface area contributed by atoms with E-state index in [0.29, 0.717) is 12.0 Å². The van der Waals surface area contributed by atoms with E-state index in [1.54, 1.807) is 0 Å². The van der Waals surface area contributed by atoms with Gasteiger partial charge in [-0.3, -0.25) is 0 Å². The van der Waals surface area contributed by atoms with Crippen molar-refractivity contribution in [3.8, 4) is 0 Å². The second-order valence-electron chi connectivity index (χ2n) is 6.68. The highest BCUT2D eigenvalue weighted by Crippen LogP contribution is 2.29. The standard InChI is InChI=1S/C18H27N3S/c1-14-8-2-3-9-15(14)19-18(22)20-16-10-4-5-11-17(16)21-12-6-7-13-21/h4-5,10-11,14-15H,2-3,6-9,12-13H2,1H3,(H2,19,20,22)/t14-,15-/m0/s1. The van der Waals surface area contributed by atoms with Crippen LogP contribution in [-0.2, 0) is 0 Å². The van der Waals surface area contributed by atoms with E-state index in [4.69, 9.17) is 12.2 Å². The first-order valence-electron chi connectivity index (χ1n) is 8.65. The van der Waals surface area contributed by atoms with Crippen LogP contribution in [0.2, 0.25) is 0 Å². The van der Waals surface area contributed by atoms with Crippen LogP contribution < -0.4 is 15.5 Å². The average Bonchev–Trinajstić information content (AvgIpc) is 3.04. The lowest BCUT2D eigenvalue weighted by atomic mass is 9.86. The summed E-state index contributed by atoms with van der Waals surface area (Å²) in [6.45, 7) is 4.63. The largest absolute Gasteiger partial charge is 0.370 e. The van der Waals surface area contributed by atoms with Gasteiger partial charge >= 0.3 is 0 Å². The zero-order valence-corrected chi connectivity index (χ0v) is 14.3. The molecule has 1 aliphatic heterocycles. The Kier molecular flexibility index (Phi) is 5.19. The van der Waals surface area contributed by atoms with E-state index in [-0.39, 0.29) is 0 Å². The Morgan fingerprint density at radius 3 is 2.59 bits per heavy atom. The molecule has 2 fully saturated rings. The van der Waals surface area contributed by atoms with Crippen LogP contribution in [0.3, 0.4) is 0 Å². The molecule has 1 heterocycles. The fourth-order valence-corrected chi connectivity index (χ4v) is 3.93. The number of para-hydroxylation sites is 2. The predicted octanol–water partition coefficient (Wildman–Crippen LogP) is 4.15. The van der Waals surface area contributed by atoms with Gasteiger partial charge in [-0.25, -0.2) is 0 Å². The maximum atomic E-state index is 5.56. The first-order valence-corrected chi connectivity index (χ1v) is 9.06. The third-order valence-corrected chi connectivity index (χ3v) is 5.25. The van der Waals surface area contributed by atoms with E-state index in [2.05, 4.69) is 46.7 Å². The summed E-state index contributed by atoms with van der Waals surface area (Å²) in [7, 11) is 0. The van der Waals surface area contributed by atoms with Crippen molar-refractivity contribution in [1.29, 1.82) is 0 Å². The molecule has 1 aromatic carbocycles. The van der Waals surface area contributed by atoms with Crippen LogP contribution in [0.5, 0.6) is 0 Å². The summed E-state index contributed by atoms with van der Waals surface area (Å²) in [6, 6.07) is 9.03. The van der Waals surface area contributed by atoms with Gasteiger partial charge in [0.1, 0.15) is 0 Å². The van der Waals surface area contributed by atoms with E-state index in [0.717, 1.165) is 23.9 Å². The summed E-state index contributed by atoms with van der Waals surface area (Å²) in [5, 5.41) is 7.74. The second-order valence-corrected chi connectivity index (χ2v) is 7.09. The van der Waals surface area contributed by atoms with Crippen molar-refractivity contribution in [2.45, 2.75) is 51.5 Å². The van der Waals surface area contributed by atoms with Crippen LogP contribution in [-0.4, -0.2) is 24.2 Å². The summed E-state index contributed by atoms with van der Waals surface area (Å²) in [5.41, 5.74) is 2.41. The number of anilines is 2. The number of benzene rings is 1. The lowest BCUT2D eigenvalue weighted by Crippen LogP contribution is -2.43. The summed E-state index contributed by atoms with van der Waals surface area (Å²) in [6.07, 6.45) is 7.79. The molecule has 0 unspecified atom stereocenters. The van der Waals surface area contributed by atoms with Gasteiger partial charge in [-0.2, -0.15) is 0 Å². The Morgan fingerprint density at radius 1 is 1.09 bits per heavy atom. The van der Waals surface area contributed by atoms with Gasteiger partial charge in [0.15, 0.2) is 5.11 Å². The van der Waals surface area contributed by atoms with Gasteiger partial charge in [0.2, 0.25) is 0 Å². The highest BCUT2D eigenvalue weighted by molar-refractivity contribution is 7.80. The summed E-state index contributed by atoms with van der Waals surface area (Å²) in [4.78, 5) is 2.45. The molecular formula is C18H27N3S. The van der Waals surface area contributed by atoms with Crippen molar-refractivity contribution in [2.24, 2.45) is 5.92 Å². The van der Waals surface area contributed by atoms with E-state index in [1.165, 1.54) is 44.2 Å². The first kappa shape index (κ1) is 15.6. The van der Waals surface area contributed by atoms with Crippen molar-refractivity contribution in [2.75, 3.05) is 23.3 Å². The molecular weight excluding hydrogens is 290 g/mol. The first-order chi connectivity index (χ1) is 10.7. The molecule has 2 N–H and O–H groups in total. The van der Waals surface area contributed by atoms with Gasteiger partial charge in [-0.1, -0.05) is 31.9 Å². The van der Waals surface area contributed by atoms with Crippen LogP contribution >= 0.6 is 12.2 Å². The maximum Gasteiger partial charge on any atom is 0.171 e. The zero-order chi connectivity index (χ0) is 15.4. The Balaban J connectivity index is 1.63. The molecule has 2 atom stereocenters. The molecule has 1 saturated carbocycles. The van der Waals surface area contributed by atoms with Crippen LogP contribution in [0.4, 0.5) is 11.4 Å². The third-order valence-electron chi connectivity index (χ3n) is 5.03. The third kappa shape index (κ3) is 3.72. The van der Waals surface area contributed by atoms with Crippen molar-refractivity contribution < 1.29 is 0 Å². The molecule has 22 heavy (non-hydrogen) atoms. The molecule has 0 bridgehead atoms. The molecule has 0 radical (unpaired) electrons. The van der Waals surface area contributed by atoms with Crippen molar-refractivity contribution in [1.82, 2.24) is 5.32 Å². The molecule has 120 valence electrons. The number of hydrogen-bond acceptors (Lipinski definition) is 2. The van der Waals surface area contributed by atoms with Gasteiger partial charge in [0, 0.05) is 19.1 Å². The molecule has 2 aliphatic rings. The summed E-state index contributed by atoms with van der Waals surface area (Å²) in [5.74, 6) is 0.710. The highest BCUT2D eigenvalue weighted by atomic mass is 32.1. The lowest BCUT2D eigenvalue weighted by molar-refractivity contribution is 0.309. The number of hydrogen-bond donors (Lipinski definition) is 2. The number of rotatable bonds is 3. The van der Waals surface area contributed by atoms with Crippen molar-refractivity contribution >= 4 is 28.7 Å². The fraction of sp³-hybridized carbons (Fsp3) is 0.611. The lowest BCUT2D eigenvalue weighted by Gasteiger charge is -2.31. The predicted molar refractivity (Wildman–Crippen MR) is 98.7 cm³/mol. The average molecular weight is 318 g/mol. The molecule has 0 aromatic heterocycles. The Labute approximate surface area is 139 Å². The molecule has 4 heteroatoms. The molecule has 1 aromatic rings. The number of nitrogens with zero attached hydrogens (tertiary/aromatic N) is 1. The Morgan fingerprint density at radius 2 is 1.82 bits per heavy atom. The van der Waals surface area contributed by atoms with Gasteiger partial charge in [-0.05, 0) is 56.0 Å². The van der Waals surface area contributed by atoms with Crippen LogP contribution in [0.15, 0.2) is 24.3 Å². The monoisotopic (exact) mass is 317 g/mol. The topological polar surface area (TPSA) is 27.3 Å². The zero-order valence-electron chi connectivity index (χ0n) is 13.5. The van der Waals surface area contributed by atoms with Crippen LogP contribution in [0.1, 0.15) is 45.4 Å². The fourth-order valence-electron chi connectivity index (χ4n) is 3.67. The highest BCUT2D eigenvalue weighted by Gasteiger charge is 2.22. The SMILES string of the molecule is C[C@H]1CCCC[C@@H]1NC(=S)Nc1ccccc1N1CCCC1. The Bertz CT molecular complexity index is 511. The minimum Gasteiger partial charge on any atom is -0.370 e. The normalized spacial score (nSPS) is 25.0. The van der Waals surface area contributed by atoms with Crippen molar-refractivity contribution in [3.05, 3.63) is 24.3 Å². The van der Waals surface area contributed by atoms with Gasteiger partial charge in [0.25, 0.3) is 0 Å². The van der Waals surface area contributed by atoms with Gasteiger partial charge in [-0.15, -0.1) is 0 Å². The van der Waals surface area contributed by atoms with E-state index >= 15 is 0 Å². The Hall–Kier alpha value is -1.29. The van der Waals surface area contributed by atoms with Crippen LogP contribution in [0, 0.1) is 5.92 Å². The van der Waals surface area contributed by atoms with E-state index in [1.807, 2.05) is 0 Å². The van der Waals surface area contributed by atoms with Crippen LogP contribution in [0.25, 0.3) is 0 Å².